The van der Waals surface area contributed by atoms with E-state index in [0.717, 1.165) is 22.0 Å². The Bertz CT molecular complexity index is 1050. The molecule has 0 unspecified atom stereocenters. The lowest BCUT2D eigenvalue weighted by Crippen LogP contribution is -2.01. The summed E-state index contributed by atoms with van der Waals surface area (Å²) in [6.45, 7) is 1.99. The zero-order valence-corrected chi connectivity index (χ0v) is 14.3. The largest absolute Gasteiger partial charge is 0.411 e. The summed E-state index contributed by atoms with van der Waals surface area (Å²) in [4.78, 5) is 15.6. The van der Waals surface area contributed by atoms with Gasteiger partial charge in [-0.1, -0.05) is 48.2 Å². The Labute approximate surface area is 148 Å². The molecule has 0 radical (unpaired) electrons. The van der Waals surface area contributed by atoms with Gasteiger partial charge in [-0.3, -0.25) is 4.79 Å². The molecule has 1 N–H and O–H groups in total. The van der Waals surface area contributed by atoms with Crippen molar-refractivity contribution in [1.29, 1.82) is 0 Å². The van der Waals surface area contributed by atoms with E-state index in [2.05, 4.69) is 15.2 Å². The second-order valence-corrected chi connectivity index (χ2v) is 6.57. The molecule has 5 nitrogen and oxygen atoms in total. The van der Waals surface area contributed by atoms with E-state index < -0.39 is 0 Å². The van der Waals surface area contributed by atoms with E-state index in [1.807, 2.05) is 55.5 Å². The average molecular weight is 349 g/mol. The second kappa shape index (κ2) is 6.57. The molecule has 0 saturated carbocycles. The Hall–Kier alpha value is -2.86. The number of H-pyrrole nitrogens is 1. The number of rotatable bonds is 5. The summed E-state index contributed by atoms with van der Waals surface area (Å²) in [5.74, 6) is 0.746. The van der Waals surface area contributed by atoms with Gasteiger partial charge in [0.2, 0.25) is 5.89 Å². The van der Waals surface area contributed by atoms with Gasteiger partial charge in [0, 0.05) is 28.2 Å². The molecule has 2 aromatic heterocycles. The number of aromatic amines is 1. The molecule has 2 aromatic carbocycles. The third-order valence-corrected chi connectivity index (χ3v) is 4.82. The van der Waals surface area contributed by atoms with Gasteiger partial charge in [0.1, 0.15) is 0 Å². The molecule has 0 bridgehead atoms. The Morgan fingerprint density at radius 1 is 1.12 bits per heavy atom. The Morgan fingerprint density at radius 2 is 1.92 bits per heavy atom. The first-order valence-corrected chi connectivity index (χ1v) is 8.82. The molecule has 0 amide bonds. The Morgan fingerprint density at radius 3 is 2.80 bits per heavy atom. The van der Waals surface area contributed by atoms with Gasteiger partial charge in [-0.05, 0) is 24.6 Å². The monoisotopic (exact) mass is 349 g/mol. The minimum absolute atomic E-state index is 0.0260. The van der Waals surface area contributed by atoms with Gasteiger partial charge in [-0.2, -0.15) is 0 Å². The maximum Gasteiger partial charge on any atom is 0.277 e. The highest BCUT2D eigenvalue weighted by Gasteiger charge is 2.15. The van der Waals surface area contributed by atoms with Crippen LogP contribution in [-0.2, 0) is 0 Å². The summed E-state index contributed by atoms with van der Waals surface area (Å²) in [5, 5.41) is 9.44. The van der Waals surface area contributed by atoms with Crippen LogP contribution in [0.2, 0.25) is 0 Å². The Balaban J connectivity index is 1.49. The van der Waals surface area contributed by atoms with Crippen LogP contribution in [0.1, 0.15) is 15.9 Å². The molecule has 0 fully saturated rings. The third-order valence-electron chi connectivity index (χ3n) is 4.00. The number of aromatic nitrogens is 3. The van der Waals surface area contributed by atoms with Crippen LogP contribution in [-0.4, -0.2) is 26.7 Å². The maximum absolute atomic E-state index is 12.5. The highest BCUT2D eigenvalue weighted by atomic mass is 32.2. The van der Waals surface area contributed by atoms with Crippen molar-refractivity contribution in [3.05, 3.63) is 65.9 Å². The van der Waals surface area contributed by atoms with Gasteiger partial charge >= 0.3 is 0 Å². The Kier molecular flexibility index (Phi) is 4.11. The van der Waals surface area contributed by atoms with Crippen molar-refractivity contribution < 1.29 is 9.21 Å². The SMILES string of the molecule is Cc1ccccc1-c1nnc(SCC(=O)c2c[nH]c3ccccc23)o1. The molecule has 0 aliphatic heterocycles. The fraction of sp³-hybridized carbons (Fsp3) is 0.105. The summed E-state index contributed by atoms with van der Waals surface area (Å²) in [6.07, 6.45) is 1.75. The summed E-state index contributed by atoms with van der Waals surface area (Å²) in [7, 11) is 0. The number of benzene rings is 2. The number of aryl methyl sites for hydroxylation is 1. The van der Waals surface area contributed by atoms with Crippen molar-refractivity contribution in [3.8, 4) is 11.5 Å². The van der Waals surface area contributed by atoms with E-state index in [1.165, 1.54) is 11.8 Å². The van der Waals surface area contributed by atoms with Crippen molar-refractivity contribution in [1.82, 2.24) is 15.2 Å². The van der Waals surface area contributed by atoms with Gasteiger partial charge in [0.05, 0.1) is 5.75 Å². The van der Waals surface area contributed by atoms with Crippen LogP contribution in [0.25, 0.3) is 22.4 Å². The highest BCUT2D eigenvalue weighted by molar-refractivity contribution is 7.99. The van der Waals surface area contributed by atoms with Gasteiger partial charge in [0.15, 0.2) is 5.78 Å². The van der Waals surface area contributed by atoms with Gasteiger partial charge < -0.3 is 9.40 Å². The zero-order chi connectivity index (χ0) is 17.2. The van der Waals surface area contributed by atoms with Crippen LogP contribution in [0.3, 0.4) is 0 Å². The lowest BCUT2D eigenvalue weighted by molar-refractivity contribution is 0.102. The number of hydrogen-bond acceptors (Lipinski definition) is 5. The molecule has 6 heteroatoms. The molecule has 4 aromatic rings. The van der Waals surface area contributed by atoms with Crippen LogP contribution in [0.15, 0.2) is 64.4 Å². The van der Waals surface area contributed by atoms with E-state index >= 15 is 0 Å². The number of hydrogen-bond donors (Lipinski definition) is 1. The molecular formula is C19H15N3O2S. The number of carbonyl (C=O) groups is 1. The lowest BCUT2D eigenvalue weighted by Gasteiger charge is -1.99. The van der Waals surface area contributed by atoms with Crippen LogP contribution in [0.4, 0.5) is 0 Å². The molecule has 0 atom stereocenters. The van der Waals surface area contributed by atoms with Crippen molar-refractivity contribution >= 4 is 28.4 Å². The predicted octanol–water partition coefficient (Wildman–Crippen LogP) is 4.50. The van der Waals surface area contributed by atoms with Crippen molar-refractivity contribution in [2.24, 2.45) is 0 Å². The van der Waals surface area contributed by atoms with Crippen LogP contribution < -0.4 is 0 Å². The van der Waals surface area contributed by atoms with Crippen LogP contribution >= 0.6 is 11.8 Å². The second-order valence-electron chi connectivity index (χ2n) is 5.65. The van der Waals surface area contributed by atoms with E-state index in [9.17, 15) is 4.79 Å². The standard InChI is InChI=1S/C19H15N3O2S/c1-12-6-2-3-7-13(12)18-21-22-19(24-18)25-11-17(23)15-10-20-16-9-5-4-8-14(15)16/h2-10,20H,11H2,1H3. The lowest BCUT2D eigenvalue weighted by atomic mass is 10.1. The summed E-state index contributed by atoms with van der Waals surface area (Å²) in [6, 6.07) is 15.6. The third kappa shape index (κ3) is 3.08. The minimum atomic E-state index is 0.0260. The van der Waals surface area contributed by atoms with Crippen molar-refractivity contribution in [2.75, 3.05) is 5.75 Å². The van der Waals surface area contributed by atoms with E-state index in [1.54, 1.807) is 6.20 Å². The topological polar surface area (TPSA) is 71.8 Å². The van der Waals surface area contributed by atoms with Crippen molar-refractivity contribution in [2.45, 2.75) is 12.1 Å². The van der Waals surface area contributed by atoms with Gasteiger partial charge in [-0.15, -0.1) is 10.2 Å². The fourth-order valence-electron chi connectivity index (χ4n) is 2.70. The average Bonchev–Trinajstić information content (AvgIpc) is 3.27. The number of ketones is 1. The summed E-state index contributed by atoms with van der Waals surface area (Å²) in [5.41, 5.74) is 3.61. The molecule has 2 heterocycles. The summed E-state index contributed by atoms with van der Waals surface area (Å²) < 4.78 is 5.69. The predicted molar refractivity (Wildman–Crippen MR) is 97.8 cm³/mol. The number of carbonyl (C=O) groups excluding carboxylic acids is 1. The molecule has 124 valence electrons. The molecule has 0 saturated heterocycles. The molecule has 0 aliphatic carbocycles. The fourth-order valence-corrected chi connectivity index (χ4v) is 3.34. The van der Waals surface area contributed by atoms with E-state index in [4.69, 9.17) is 4.42 Å². The molecule has 0 aliphatic rings. The first kappa shape index (κ1) is 15.7. The first-order chi connectivity index (χ1) is 12.2. The van der Waals surface area contributed by atoms with Crippen LogP contribution in [0.5, 0.6) is 0 Å². The maximum atomic E-state index is 12.5. The quantitative estimate of drug-likeness (QED) is 0.424. The highest BCUT2D eigenvalue weighted by Crippen LogP contribution is 2.26. The van der Waals surface area contributed by atoms with E-state index in [0.29, 0.717) is 16.7 Å². The zero-order valence-electron chi connectivity index (χ0n) is 13.5. The molecule has 0 spiro atoms. The number of Topliss-reactive ketones (excluding diaryl/α,β-unsaturated/α-hetero) is 1. The van der Waals surface area contributed by atoms with E-state index in [-0.39, 0.29) is 11.5 Å². The number of para-hydroxylation sites is 1. The smallest absolute Gasteiger partial charge is 0.277 e. The van der Waals surface area contributed by atoms with Crippen LogP contribution in [0, 0.1) is 6.92 Å². The molecule has 4 rings (SSSR count). The minimum Gasteiger partial charge on any atom is -0.411 e. The normalized spacial score (nSPS) is 11.1. The number of nitrogens with zero attached hydrogens (tertiary/aromatic N) is 2. The molecule has 25 heavy (non-hydrogen) atoms. The molecular weight excluding hydrogens is 334 g/mol. The van der Waals surface area contributed by atoms with Gasteiger partial charge in [0.25, 0.3) is 5.22 Å². The number of nitrogens with one attached hydrogen (secondary N) is 1. The number of fused-ring (bicyclic) bond motifs is 1. The van der Waals surface area contributed by atoms with Crippen molar-refractivity contribution in [3.63, 3.8) is 0 Å². The first-order valence-electron chi connectivity index (χ1n) is 7.84. The van der Waals surface area contributed by atoms with Gasteiger partial charge in [-0.25, -0.2) is 0 Å². The summed E-state index contributed by atoms with van der Waals surface area (Å²) >= 11 is 1.25. The number of thioether (sulfide) groups is 1.